The average Bonchev–Trinajstić information content (AvgIpc) is 2.53. The van der Waals surface area contributed by atoms with E-state index in [1.54, 1.807) is 24.3 Å². The fraction of sp³-hybridized carbons (Fsp3) is 0.200. The average molecular weight is 350 g/mol. The van der Waals surface area contributed by atoms with Gasteiger partial charge in [0.1, 0.15) is 11.5 Å². The van der Waals surface area contributed by atoms with Gasteiger partial charge in [-0.25, -0.2) is 4.99 Å². The molecule has 1 aromatic rings. The van der Waals surface area contributed by atoms with Gasteiger partial charge >= 0.3 is 0 Å². The Morgan fingerprint density at radius 2 is 1.83 bits per heavy atom. The molecule has 1 rings (SSSR count). The van der Waals surface area contributed by atoms with Crippen molar-refractivity contribution in [2.24, 2.45) is 4.99 Å². The van der Waals surface area contributed by atoms with E-state index in [-0.39, 0.29) is 22.4 Å². The molecule has 24 heavy (non-hydrogen) atoms. The van der Waals surface area contributed by atoms with Gasteiger partial charge in [-0.05, 0) is 43.4 Å². The van der Waals surface area contributed by atoms with E-state index >= 15 is 0 Å². The molecule has 2 amide bonds. The van der Waals surface area contributed by atoms with Gasteiger partial charge in [0.25, 0.3) is 5.91 Å². The van der Waals surface area contributed by atoms with Crippen LogP contribution in [0.15, 0.2) is 40.6 Å². The Labute approximate surface area is 144 Å². The summed E-state index contributed by atoms with van der Waals surface area (Å²) < 4.78 is 5.03. The van der Waals surface area contributed by atoms with Crippen LogP contribution >= 0.6 is 12.2 Å². The minimum atomic E-state index is -0.564. The molecule has 128 valence electrons. The number of hydrazine groups is 1. The Morgan fingerprint density at radius 1 is 1.21 bits per heavy atom. The van der Waals surface area contributed by atoms with E-state index in [9.17, 15) is 14.7 Å². The standard InChI is InChI=1S/C15H18N4O4S/c1-9(20)13(8-16-15(24)19-18-10(2)21)14(22)17-11-4-6-12(23-3)7-5-11/h4-8,20H,1-3H3,(H,17,22)(H,18,21)(H,19,24)/b13-9-,16-8+. The first kappa shape index (κ1) is 19.1. The molecule has 0 fully saturated rings. The minimum Gasteiger partial charge on any atom is -0.512 e. The van der Waals surface area contributed by atoms with Crippen LogP contribution in [0.25, 0.3) is 0 Å². The number of thiocarbonyl (C=S) groups is 1. The van der Waals surface area contributed by atoms with Gasteiger partial charge < -0.3 is 15.2 Å². The number of ether oxygens (including phenoxy) is 1. The third-order valence-corrected chi connectivity index (χ3v) is 2.85. The Hall–Kier alpha value is -2.94. The molecule has 0 radical (unpaired) electrons. The molecule has 0 aliphatic heterocycles. The first-order valence-electron chi connectivity index (χ1n) is 6.79. The first-order valence-corrected chi connectivity index (χ1v) is 7.20. The lowest BCUT2D eigenvalue weighted by Gasteiger charge is -2.08. The molecular weight excluding hydrogens is 332 g/mol. The molecule has 9 heteroatoms. The van der Waals surface area contributed by atoms with E-state index < -0.39 is 5.91 Å². The van der Waals surface area contributed by atoms with Crippen molar-refractivity contribution in [3.8, 4) is 5.75 Å². The van der Waals surface area contributed by atoms with Crippen LogP contribution in [0.5, 0.6) is 5.75 Å². The lowest BCUT2D eigenvalue weighted by Crippen LogP contribution is -2.38. The van der Waals surface area contributed by atoms with E-state index in [0.29, 0.717) is 11.4 Å². The highest BCUT2D eigenvalue weighted by molar-refractivity contribution is 7.80. The number of nitrogens with one attached hydrogen (secondary N) is 3. The second kappa shape index (κ2) is 9.26. The maximum absolute atomic E-state index is 12.2. The van der Waals surface area contributed by atoms with Crippen LogP contribution in [0.2, 0.25) is 0 Å². The smallest absolute Gasteiger partial charge is 0.260 e. The number of rotatable bonds is 4. The number of allylic oxidation sites excluding steroid dienone is 1. The van der Waals surface area contributed by atoms with Crippen LogP contribution in [0, 0.1) is 0 Å². The van der Waals surface area contributed by atoms with Crippen molar-refractivity contribution in [3.63, 3.8) is 0 Å². The zero-order chi connectivity index (χ0) is 18.1. The summed E-state index contributed by atoms with van der Waals surface area (Å²) in [5, 5.41) is 12.2. The maximum Gasteiger partial charge on any atom is 0.260 e. The summed E-state index contributed by atoms with van der Waals surface area (Å²) in [6, 6.07) is 6.68. The molecule has 0 heterocycles. The summed E-state index contributed by atoms with van der Waals surface area (Å²) in [5.74, 6) is -0.490. The third kappa shape index (κ3) is 6.44. The number of amides is 2. The highest BCUT2D eigenvalue weighted by Gasteiger charge is 2.12. The number of nitrogens with zero attached hydrogens (tertiary/aromatic N) is 1. The van der Waals surface area contributed by atoms with Crippen molar-refractivity contribution >= 4 is 41.0 Å². The fourth-order valence-electron chi connectivity index (χ4n) is 1.49. The van der Waals surface area contributed by atoms with Crippen LogP contribution in [0.4, 0.5) is 5.69 Å². The second-order valence-electron chi connectivity index (χ2n) is 4.55. The molecule has 0 saturated carbocycles. The quantitative estimate of drug-likeness (QED) is 0.215. The van der Waals surface area contributed by atoms with Gasteiger partial charge in [0, 0.05) is 18.8 Å². The number of carbonyl (C=O) groups is 2. The van der Waals surface area contributed by atoms with Gasteiger partial charge in [0.05, 0.1) is 12.7 Å². The number of aliphatic hydroxyl groups is 1. The van der Waals surface area contributed by atoms with Crippen LogP contribution < -0.4 is 20.9 Å². The third-order valence-electron chi connectivity index (χ3n) is 2.64. The Balaban J connectivity index is 2.77. The SMILES string of the molecule is COc1ccc(NC(=O)C(/C=N/C(=S)NNC(C)=O)=C(/C)O)cc1. The topological polar surface area (TPSA) is 112 Å². The van der Waals surface area contributed by atoms with Gasteiger partial charge in [-0.3, -0.25) is 20.4 Å². The summed E-state index contributed by atoms with van der Waals surface area (Å²) in [7, 11) is 1.54. The summed E-state index contributed by atoms with van der Waals surface area (Å²) in [4.78, 5) is 26.7. The first-order chi connectivity index (χ1) is 11.3. The van der Waals surface area contributed by atoms with Crippen molar-refractivity contribution in [2.75, 3.05) is 12.4 Å². The van der Waals surface area contributed by atoms with Crippen LogP contribution in [0.1, 0.15) is 13.8 Å². The van der Waals surface area contributed by atoms with E-state index in [4.69, 9.17) is 17.0 Å². The summed E-state index contributed by atoms with van der Waals surface area (Å²) in [6.45, 7) is 2.64. The maximum atomic E-state index is 12.2. The Kier molecular flexibility index (Phi) is 7.37. The number of aliphatic hydroxyl groups excluding tert-OH is 1. The zero-order valence-corrected chi connectivity index (χ0v) is 14.2. The Morgan fingerprint density at radius 3 is 2.33 bits per heavy atom. The predicted molar refractivity (Wildman–Crippen MR) is 95.0 cm³/mol. The lowest BCUT2D eigenvalue weighted by atomic mass is 10.2. The molecule has 1 aromatic carbocycles. The van der Waals surface area contributed by atoms with E-state index in [1.165, 1.54) is 21.0 Å². The van der Waals surface area contributed by atoms with Gasteiger partial charge in [-0.15, -0.1) is 0 Å². The van der Waals surface area contributed by atoms with Gasteiger partial charge in [0.2, 0.25) is 11.0 Å². The predicted octanol–water partition coefficient (Wildman–Crippen LogP) is 1.46. The molecule has 0 bridgehead atoms. The number of aliphatic imine (C=N–C) groups is 1. The fourth-order valence-corrected chi connectivity index (χ4v) is 1.59. The second-order valence-corrected chi connectivity index (χ2v) is 4.94. The number of carbonyl (C=O) groups excluding carboxylic acids is 2. The van der Waals surface area contributed by atoms with Crippen molar-refractivity contribution < 1.29 is 19.4 Å². The summed E-state index contributed by atoms with van der Waals surface area (Å²) >= 11 is 4.85. The molecule has 0 atom stereocenters. The highest BCUT2D eigenvalue weighted by atomic mass is 32.1. The number of hydrogen-bond acceptors (Lipinski definition) is 5. The molecule has 0 aromatic heterocycles. The molecule has 0 unspecified atom stereocenters. The Bertz CT molecular complexity index is 679. The number of methoxy groups -OCH3 is 1. The highest BCUT2D eigenvalue weighted by Crippen LogP contribution is 2.15. The number of anilines is 1. The molecule has 0 spiro atoms. The molecule has 0 saturated heterocycles. The van der Waals surface area contributed by atoms with Crippen molar-refractivity contribution in [3.05, 3.63) is 35.6 Å². The molecule has 0 aliphatic rings. The summed E-state index contributed by atoms with van der Waals surface area (Å²) in [6.07, 6.45) is 1.10. The van der Waals surface area contributed by atoms with Gasteiger partial charge in [-0.2, -0.15) is 0 Å². The van der Waals surface area contributed by atoms with E-state index in [1.807, 2.05) is 0 Å². The van der Waals surface area contributed by atoms with Gasteiger partial charge in [0.15, 0.2) is 0 Å². The zero-order valence-electron chi connectivity index (χ0n) is 13.4. The lowest BCUT2D eigenvalue weighted by molar-refractivity contribution is -0.119. The number of hydrogen-bond donors (Lipinski definition) is 4. The van der Waals surface area contributed by atoms with Crippen LogP contribution in [-0.4, -0.2) is 35.4 Å². The van der Waals surface area contributed by atoms with Gasteiger partial charge in [-0.1, -0.05) is 0 Å². The molecule has 8 nitrogen and oxygen atoms in total. The van der Waals surface area contributed by atoms with E-state index in [0.717, 1.165) is 6.21 Å². The summed E-state index contributed by atoms with van der Waals surface area (Å²) in [5.41, 5.74) is 5.05. The normalized spacial score (nSPS) is 11.5. The minimum absolute atomic E-state index is 0.0683. The molecule has 4 N–H and O–H groups in total. The molecular formula is C15H18N4O4S. The number of benzene rings is 1. The monoisotopic (exact) mass is 350 g/mol. The van der Waals surface area contributed by atoms with Crippen LogP contribution in [-0.2, 0) is 9.59 Å². The van der Waals surface area contributed by atoms with E-state index in [2.05, 4.69) is 21.2 Å². The van der Waals surface area contributed by atoms with Crippen molar-refractivity contribution in [2.45, 2.75) is 13.8 Å². The van der Waals surface area contributed by atoms with Crippen molar-refractivity contribution in [1.82, 2.24) is 10.9 Å². The van der Waals surface area contributed by atoms with Crippen LogP contribution in [0.3, 0.4) is 0 Å². The largest absolute Gasteiger partial charge is 0.512 e. The van der Waals surface area contributed by atoms with Crippen molar-refractivity contribution in [1.29, 1.82) is 0 Å². The molecule has 0 aliphatic carbocycles.